The van der Waals surface area contributed by atoms with E-state index in [4.69, 9.17) is 14.2 Å². The van der Waals surface area contributed by atoms with Crippen LogP contribution >= 0.6 is 11.3 Å². The Bertz CT molecular complexity index is 1260. The van der Waals surface area contributed by atoms with Crippen molar-refractivity contribution in [2.24, 2.45) is 0 Å². The lowest BCUT2D eigenvalue weighted by molar-refractivity contribution is 0.102. The maximum absolute atomic E-state index is 12.8. The number of rotatable bonds is 8. The molecule has 2 aromatic carbocycles. The van der Waals surface area contributed by atoms with Gasteiger partial charge >= 0.3 is 0 Å². The first-order valence-corrected chi connectivity index (χ1v) is 12.9. The summed E-state index contributed by atoms with van der Waals surface area (Å²) in [5.74, 6) is 0.757. The Balaban J connectivity index is 1.50. The standard InChI is InChI=1S/C23H25N3O6S2/c1-30-19-12-16(13-20(31-2)21(19)32-3)22(27)25-23-24-18(14-33-23)15-6-8-17(9-7-15)34(28,29)26-10-4-5-11-26/h6-9,12-14H,4-5,10-11H2,1-3H3,(H,24,25,27). The maximum Gasteiger partial charge on any atom is 0.257 e. The molecule has 9 nitrogen and oxygen atoms in total. The number of aromatic nitrogens is 1. The molecule has 1 aliphatic rings. The molecule has 0 atom stereocenters. The highest BCUT2D eigenvalue weighted by Crippen LogP contribution is 2.38. The summed E-state index contributed by atoms with van der Waals surface area (Å²) in [4.78, 5) is 17.6. The van der Waals surface area contributed by atoms with Crippen LogP contribution in [0.1, 0.15) is 23.2 Å². The molecule has 4 rings (SSSR count). The Morgan fingerprint density at radius 3 is 2.18 bits per heavy atom. The molecule has 1 aliphatic heterocycles. The number of anilines is 1. The van der Waals surface area contributed by atoms with E-state index in [0.29, 0.717) is 46.7 Å². The molecule has 0 saturated carbocycles. The number of hydrogen-bond donors (Lipinski definition) is 1. The maximum atomic E-state index is 12.8. The molecular weight excluding hydrogens is 478 g/mol. The van der Waals surface area contributed by atoms with E-state index in [-0.39, 0.29) is 10.8 Å². The minimum absolute atomic E-state index is 0.268. The Kier molecular flexibility index (Phi) is 7.05. The van der Waals surface area contributed by atoms with Crippen LogP contribution in [0.5, 0.6) is 17.2 Å². The first kappa shape index (κ1) is 24.0. The molecule has 1 N–H and O–H groups in total. The van der Waals surface area contributed by atoms with Gasteiger partial charge in [0.15, 0.2) is 16.6 Å². The highest BCUT2D eigenvalue weighted by Gasteiger charge is 2.27. The van der Waals surface area contributed by atoms with Gasteiger partial charge in [0.25, 0.3) is 5.91 Å². The van der Waals surface area contributed by atoms with Crippen LogP contribution in [0, 0.1) is 0 Å². The first-order chi connectivity index (χ1) is 16.4. The number of thiazole rings is 1. The molecule has 1 amide bonds. The second-order valence-corrected chi connectivity index (χ2v) is 10.3. The van der Waals surface area contributed by atoms with Crippen LogP contribution in [-0.4, -0.2) is 58.0 Å². The van der Waals surface area contributed by atoms with Crippen LogP contribution in [-0.2, 0) is 10.0 Å². The van der Waals surface area contributed by atoms with Crippen LogP contribution in [0.3, 0.4) is 0 Å². The molecule has 1 fully saturated rings. The molecule has 34 heavy (non-hydrogen) atoms. The fraction of sp³-hybridized carbons (Fsp3) is 0.304. The molecule has 0 bridgehead atoms. The Morgan fingerprint density at radius 2 is 1.62 bits per heavy atom. The van der Waals surface area contributed by atoms with E-state index in [1.165, 1.54) is 37.0 Å². The van der Waals surface area contributed by atoms with Crippen molar-refractivity contribution in [3.05, 3.63) is 47.3 Å². The van der Waals surface area contributed by atoms with E-state index in [1.54, 1.807) is 41.8 Å². The van der Waals surface area contributed by atoms with Crippen molar-refractivity contribution < 1.29 is 27.4 Å². The van der Waals surface area contributed by atoms with E-state index in [9.17, 15) is 13.2 Å². The zero-order chi connectivity index (χ0) is 24.3. The zero-order valence-corrected chi connectivity index (χ0v) is 20.7. The van der Waals surface area contributed by atoms with Gasteiger partial charge in [-0.1, -0.05) is 12.1 Å². The van der Waals surface area contributed by atoms with Crippen molar-refractivity contribution in [1.29, 1.82) is 0 Å². The number of nitrogens with one attached hydrogen (secondary N) is 1. The van der Waals surface area contributed by atoms with E-state index in [0.717, 1.165) is 18.4 Å². The van der Waals surface area contributed by atoms with Gasteiger partial charge in [-0.05, 0) is 37.1 Å². The van der Waals surface area contributed by atoms with Crippen LogP contribution in [0.25, 0.3) is 11.3 Å². The third-order valence-corrected chi connectivity index (χ3v) is 8.18. The highest BCUT2D eigenvalue weighted by atomic mass is 32.2. The Morgan fingerprint density at radius 1 is 1.00 bits per heavy atom. The van der Waals surface area contributed by atoms with Gasteiger partial charge < -0.3 is 14.2 Å². The molecule has 0 radical (unpaired) electrons. The highest BCUT2D eigenvalue weighted by molar-refractivity contribution is 7.89. The molecule has 1 aromatic heterocycles. The minimum Gasteiger partial charge on any atom is -0.493 e. The average Bonchev–Trinajstić information content (AvgIpc) is 3.56. The fourth-order valence-electron chi connectivity index (χ4n) is 3.72. The molecule has 1 saturated heterocycles. The summed E-state index contributed by atoms with van der Waals surface area (Å²) < 4.78 is 42.8. The van der Waals surface area contributed by atoms with Gasteiger partial charge in [0.05, 0.1) is 31.9 Å². The van der Waals surface area contributed by atoms with Crippen LogP contribution in [0.15, 0.2) is 46.7 Å². The van der Waals surface area contributed by atoms with Gasteiger partial charge in [-0.25, -0.2) is 13.4 Å². The SMILES string of the molecule is COc1cc(C(=O)Nc2nc(-c3ccc(S(=O)(=O)N4CCCC4)cc3)cs2)cc(OC)c1OC. The van der Waals surface area contributed by atoms with E-state index in [1.807, 2.05) is 0 Å². The van der Waals surface area contributed by atoms with Crippen molar-refractivity contribution in [3.63, 3.8) is 0 Å². The van der Waals surface area contributed by atoms with Gasteiger partial charge in [0.2, 0.25) is 15.8 Å². The number of carbonyl (C=O) groups is 1. The predicted octanol–water partition coefficient (Wildman–Crippen LogP) is 3.87. The van der Waals surface area contributed by atoms with Gasteiger partial charge in [-0.2, -0.15) is 4.31 Å². The molecule has 0 spiro atoms. The largest absolute Gasteiger partial charge is 0.493 e. The lowest BCUT2D eigenvalue weighted by atomic mass is 10.1. The van der Waals surface area contributed by atoms with E-state index >= 15 is 0 Å². The van der Waals surface area contributed by atoms with Gasteiger partial charge in [-0.15, -0.1) is 11.3 Å². The number of ether oxygens (including phenoxy) is 3. The van der Waals surface area contributed by atoms with Crippen molar-refractivity contribution >= 4 is 32.4 Å². The van der Waals surface area contributed by atoms with E-state index < -0.39 is 10.0 Å². The zero-order valence-electron chi connectivity index (χ0n) is 19.0. The van der Waals surface area contributed by atoms with Crippen molar-refractivity contribution in [3.8, 4) is 28.5 Å². The normalized spacial score (nSPS) is 14.1. The van der Waals surface area contributed by atoms with Crippen molar-refractivity contribution in [2.45, 2.75) is 17.7 Å². The third kappa shape index (κ3) is 4.72. The summed E-state index contributed by atoms with van der Waals surface area (Å²) in [6.45, 7) is 1.12. The summed E-state index contributed by atoms with van der Waals surface area (Å²) in [7, 11) is 0.985. The summed E-state index contributed by atoms with van der Waals surface area (Å²) >= 11 is 1.27. The molecule has 0 aliphatic carbocycles. The number of nitrogens with zero attached hydrogens (tertiary/aromatic N) is 2. The smallest absolute Gasteiger partial charge is 0.257 e. The lowest BCUT2D eigenvalue weighted by Gasteiger charge is -2.15. The number of benzene rings is 2. The molecule has 3 aromatic rings. The Labute approximate surface area is 202 Å². The second kappa shape index (κ2) is 10.00. The molecular formula is C23H25N3O6S2. The quantitative estimate of drug-likeness (QED) is 0.497. The summed E-state index contributed by atoms with van der Waals surface area (Å²) in [5, 5.41) is 4.98. The van der Waals surface area contributed by atoms with E-state index in [2.05, 4.69) is 10.3 Å². The van der Waals surface area contributed by atoms with Crippen LogP contribution < -0.4 is 19.5 Å². The second-order valence-electron chi connectivity index (χ2n) is 7.54. The fourth-order valence-corrected chi connectivity index (χ4v) is 5.95. The molecule has 2 heterocycles. The van der Waals surface area contributed by atoms with Crippen molar-refractivity contribution in [1.82, 2.24) is 9.29 Å². The van der Waals surface area contributed by atoms with Crippen LogP contribution in [0.2, 0.25) is 0 Å². The summed E-state index contributed by atoms with van der Waals surface area (Å²) in [6, 6.07) is 9.76. The summed E-state index contributed by atoms with van der Waals surface area (Å²) in [6.07, 6.45) is 1.78. The van der Waals surface area contributed by atoms with Crippen LogP contribution in [0.4, 0.5) is 5.13 Å². The summed E-state index contributed by atoms with van der Waals surface area (Å²) in [5.41, 5.74) is 1.71. The number of methoxy groups -OCH3 is 3. The minimum atomic E-state index is -3.47. The first-order valence-electron chi connectivity index (χ1n) is 10.5. The topological polar surface area (TPSA) is 107 Å². The lowest BCUT2D eigenvalue weighted by Crippen LogP contribution is -2.27. The number of sulfonamides is 1. The number of amides is 1. The molecule has 11 heteroatoms. The Hall–Kier alpha value is -3.15. The average molecular weight is 504 g/mol. The molecule has 0 unspecified atom stereocenters. The number of hydrogen-bond acceptors (Lipinski definition) is 8. The molecule has 180 valence electrons. The van der Waals surface area contributed by atoms with Gasteiger partial charge in [0, 0.05) is 29.6 Å². The van der Waals surface area contributed by atoms with Gasteiger partial charge in [0.1, 0.15) is 0 Å². The third-order valence-electron chi connectivity index (χ3n) is 5.50. The van der Waals surface area contributed by atoms with Crippen molar-refractivity contribution in [2.75, 3.05) is 39.7 Å². The monoisotopic (exact) mass is 503 g/mol. The van der Waals surface area contributed by atoms with Gasteiger partial charge in [-0.3, -0.25) is 10.1 Å². The predicted molar refractivity (Wildman–Crippen MR) is 130 cm³/mol. The number of carbonyl (C=O) groups excluding carboxylic acids is 1.